The van der Waals surface area contributed by atoms with E-state index in [4.69, 9.17) is 4.98 Å². The van der Waals surface area contributed by atoms with E-state index in [1.807, 2.05) is 40.1 Å². The van der Waals surface area contributed by atoms with Crippen molar-refractivity contribution in [1.29, 1.82) is 0 Å². The van der Waals surface area contributed by atoms with Crippen molar-refractivity contribution >= 4 is 39.7 Å². The Morgan fingerprint density at radius 3 is 2.56 bits per heavy atom. The molecule has 0 radical (unpaired) electrons. The van der Waals surface area contributed by atoms with E-state index in [1.54, 1.807) is 18.6 Å². The highest BCUT2D eigenvalue weighted by Crippen LogP contribution is 2.31. The standard InChI is InChI=1S/C29H30N10O2/c1-37-9-11-39(12-10-37)29(41)32-20-13-18(15-30-17-20)19-14-22-25(35-36-26(22)31-16-19)27-33-23-6-4-5-21(24(23)34-27)28(40)38-7-2-3-8-38/h4-6,13-17H,2-3,7-12H2,1H3,(H,32,41)(H,33,34)(H,31,35,36). The third-order valence-electron chi connectivity index (χ3n) is 7.89. The van der Waals surface area contributed by atoms with E-state index < -0.39 is 0 Å². The van der Waals surface area contributed by atoms with Crippen molar-refractivity contribution in [3.63, 3.8) is 0 Å². The van der Waals surface area contributed by atoms with Crippen LogP contribution in [0.1, 0.15) is 23.2 Å². The molecule has 0 aliphatic carbocycles. The largest absolute Gasteiger partial charge is 0.339 e. The van der Waals surface area contributed by atoms with Crippen LogP contribution in [0.4, 0.5) is 10.5 Å². The van der Waals surface area contributed by atoms with Gasteiger partial charge >= 0.3 is 6.03 Å². The summed E-state index contributed by atoms with van der Waals surface area (Å²) in [6, 6.07) is 9.36. The number of aromatic nitrogens is 6. The van der Waals surface area contributed by atoms with E-state index in [-0.39, 0.29) is 11.9 Å². The summed E-state index contributed by atoms with van der Waals surface area (Å²) in [7, 11) is 2.06. The molecule has 41 heavy (non-hydrogen) atoms. The second-order valence-corrected chi connectivity index (χ2v) is 10.7. The van der Waals surface area contributed by atoms with E-state index in [0.717, 1.165) is 61.1 Å². The number of hydrogen-bond acceptors (Lipinski definition) is 7. The molecule has 2 aliphatic rings. The number of nitrogens with one attached hydrogen (secondary N) is 3. The summed E-state index contributed by atoms with van der Waals surface area (Å²) in [6.07, 6.45) is 7.19. The highest BCUT2D eigenvalue weighted by Gasteiger charge is 2.24. The van der Waals surface area contributed by atoms with Crippen LogP contribution in [0, 0.1) is 0 Å². The number of para-hydroxylation sites is 1. The second kappa shape index (κ2) is 10.3. The van der Waals surface area contributed by atoms with Crippen molar-refractivity contribution in [3.8, 4) is 22.6 Å². The van der Waals surface area contributed by atoms with Gasteiger partial charge in [0.25, 0.3) is 5.91 Å². The van der Waals surface area contributed by atoms with E-state index in [2.05, 4.69) is 42.4 Å². The number of likely N-dealkylation sites (N-methyl/N-ethyl adjacent to an activating group) is 1. The Hall–Kier alpha value is -4.84. The average molecular weight is 551 g/mol. The minimum absolute atomic E-state index is 0.00841. The Morgan fingerprint density at radius 1 is 0.927 bits per heavy atom. The zero-order chi connectivity index (χ0) is 27.9. The van der Waals surface area contributed by atoms with Crippen LogP contribution >= 0.6 is 0 Å². The van der Waals surface area contributed by atoms with Crippen LogP contribution in [0.5, 0.6) is 0 Å². The molecule has 6 heterocycles. The number of H-pyrrole nitrogens is 2. The number of fused-ring (bicyclic) bond motifs is 2. The molecule has 0 unspecified atom stereocenters. The number of piperazine rings is 1. The SMILES string of the molecule is CN1CCN(C(=O)Nc2cncc(-c3cnc4[nH]nc(-c5nc6c(C(=O)N7CCCC7)cccc6[nH]5)c4c3)c2)CC1. The number of rotatable bonds is 4. The highest BCUT2D eigenvalue weighted by atomic mass is 16.2. The van der Waals surface area contributed by atoms with Crippen molar-refractivity contribution in [1.82, 2.24) is 44.8 Å². The number of hydrogen-bond donors (Lipinski definition) is 3. The minimum Gasteiger partial charge on any atom is -0.339 e. The van der Waals surface area contributed by atoms with Gasteiger partial charge < -0.3 is 25.0 Å². The van der Waals surface area contributed by atoms with E-state index in [9.17, 15) is 9.59 Å². The van der Waals surface area contributed by atoms with Gasteiger partial charge in [-0.25, -0.2) is 14.8 Å². The molecule has 0 bridgehead atoms. The lowest BCUT2D eigenvalue weighted by Crippen LogP contribution is -2.48. The lowest BCUT2D eigenvalue weighted by Gasteiger charge is -2.32. The van der Waals surface area contributed by atoms with Crippen molar-refractivity contribution in [3.05, 3.63) is 54.5 Å². The molecule has 3 amide bonds. The fourth-order valence-corrected chi connectivity index (χ4v) is 5.53. The Morgan fingerprint density at radius 2 is 1.73 bits per heavy atom. The van der Waals surface area contributed by atoms with Gasteiger partial charge in [0, 0.05) is 62.8 Å². The van der Waals surface area contributed by atoms with Gasteiger partial charge in [-0.15, -0.1) is 0 Å². The number of anilines is 1. The zero-order valence-corrected chi connectivity index (χ0v) is 22.7. The Labute approximate surface area is 235 Å². The number of pyridine rings is 2. The molecule has 4 aromatic heterocycles. The number of urea groups is 1. The van der Waals surface area contributed by atoms with Gasteiger partial charge in [-0.2, -0.15) is 5.10 Å². The number of benzene rings is 1. The van der Waals surface area contributed by atoms with E-state index >= 15 is 0 Å². The van der Waals surface area contributed by atoms with Crippen LogP contribution in [0.25, 0.3) is 44.7 Å². The van der Waals surface area contributed by atoms with Crippen LogP contribution in [0.3, 0.4) is 0 Å². The van der Waals surface area contributed by atoms with Gasteiger partial charge in [-0.05, 0) is 44.2 Å². The molecular weight excluding hydrogens is 520 g/mol. The molecule has 0 atom stereocenters. The minimum atomic E-state index is -0.129. The van der Waals surface area contributed by atoms with Crippen LogP contribution in [0.2, 0.25) is 0 Å². The number of likely N-dealkylation sites (tertiary alicyclic amines) is 1. The molecular formula is C29H30N10O2. The van der Waals surface area contributed by atoms with Gasteiger partial charge in [0.1, 0.15) is 11.2 Å². The maximum atomic E-state index is 13.2. The molecule has 3 N–H and O–H groups in total. The molecule has 2 aliphatic heterocycles. The van der Waals surface area contributed by atoms with Crippen LogP contribution in [-0.2, 0) is 0 Å². The monoisotopic (exact) mass is 550 g/mol. The molecule has 5 aromatic rings. The van der Waals surface area contributed by atoms with Gasteiger partial charge in [-0.1, -0.05) is 6.07 Å². The Kier molecular flexibility index (Phi) is 6.31. The van der Waals surface area contributed by atoms with E-state index in [1.165, 1.54) is 0 Å². The fraction of sp³-hybridized carbons (Fsp3) is 0.310. The Bertz CT molecular complexity index is 1760. The fourth-order valence-electron chi connectivity index (χ4n) is 5.53. The number of amides is 3. The first-order chi connectivity index (χ1) is 20.0. The third-order valence-corrected chi connectivity index (χ3v) is 7.89. The number of carbonyl (C=O) groups excluding carboxylic acids is 2. The summed E-state index contributed by atoms with van der Waals surface area (Å²) in [5.74, 6) is 0.562. The molecule has 0 spiro atoms. The summed E-state index contributed by atoms with van der Waals surface area (Å²) in [6.45, 7) is 4.64. The molecule has 2 saturated heterocycles. The maximum absolute atomic E-state index is 13.2. The number of imidazole rings is 1. The molecule has 7 rings (SSSR count). The molecule has 208 valence electrons. The first-order valence-electron chi connectivity index (χ1n) is 13.9. The first kappa shape index (κ1) is 25.1. The third kappa shape index (κ3) is 4.76. The van der Waals surface area contributed by atoms with Crippen molar-refractivity contribution in [2.75, 3.05) is 51.6 Å². The van der Waals surface area contributed by atoms with Crippen LogP contribution in [-0.4, -0.2) is 103 Å². The smallest absolute Gasteiger partial charge is 0.321 e. The summed E-state index contributed by atoms with van der Waals surface area (Å²) in [5, 5.41) is 11.2. The van der Waals surface area contributed by atoms with Gasteiger partial charge in [0.2, 0.25) is 0 Å². The maximum Gasteiger partial charge on any atom is 0.321 e. The van der Waals surface area contributed by atoms with Gasteiger partial charge in [0.15, 0.2) is 11.5 Å². The quantitative estimate of drug-likeness (QED) is 0.311. The summed E-state index contributed by atoms with van der Waals surface area (Å²) < 4.78 is 0. The van der Waals surface area contributed by atoms with Crippen molar-refractivity contribution < 1.29 is 9.59 Å². The van der Waals surface area contributed by atoms with Gasteiger partial charge in [-0.3, -0.25) is 14.9 Å². The highest BCUT2D eigenvalue weighted by molar-refractivity contribution is 6.06. The molecule has 1 aromatic carbocycles. The van der Waals surface area contributed by atoms with Crippen molar-refractivity contribution in [2.45, 2.75) is 12.8 Å². The predicted molar refractivity (Wildman–Crippen MR) is 155 cm³/mol. The molecule has 0 saturated carbocycles. The molecule has 2 fully saturated rings. The number of nitrogens with zero attached hydrogens (tertiary/aromatic N) is 7. The second-order valence-electron chi connectivity index (χ2n) is 10.7. The number of carbonyl (C=O) groups is 2. The predicted octanol–water partition coefficient (Wildman–Crippen LogP) is 3.58. The van der Waals surface area contributed by atoms with Crippen LogP contribution in [0.15, 0.2) is 48.9 Å². The summed E-state index contributed by atoms with van der Waals surface area (Å²) in [5.41, 5.74) is 5.47. The summed E-state index contributed by atoms with van der Waals surface area (Å²) in [4.78, 5) is 49.0. The Balaban J connectivity index is 1.18. The van der Waals surface area contributed by atoms with Gasteiger partial charge in [0.05, 0.1) is 28.4 Å². The molecule has 12 nitrogen and oxygen atoms in total. The lowest BCUT2D eigenvalue weighted by atomic mass is 10.1. The average Bonchev–Trinajstić information content (AvgIpc) is 3.76. The first-order valence-corrected chi connectivity index (χ1v) is 13.9. The van der Waals surface area contributed by atoms with E-state index in [0.29, 0.717) is 47.0 Å². The molecule has 12 heteroatoms. The lowest BCUT2D eigenvalue weighted by molar-refractivity contribution is 0.0794. The van der Waals surface area contributed by atoms with Crippen LogP contribution < -0.4 is 5.32 Å². The topological polar surface area (TPSA) is 139 Å². The normalized spacial score (nSPS) is 16.1. The van der Waals surface area contributed by atoms with Crippen molar-refractivity contribution in [2.24, 2.45) is 0 Å². The number of aromatic amines is 2. The summed E-state index contributed by atoms with van der Waals surface area (Å²) >= 11 is 0. The zero-order valence-electron chi connectivity index (χ0n) is 22.7.